The summed E-state index contributed by atoms with van der Waals surface area (Å²) < 4.78 is 16.2. The molecule has 29 heavy (non-hydrogen) atoms. The Morgan fingerprint density at radius 3 is 2.66 bits per heavy atom. The van der Waals surface area contributed by atoms with Gasteiger partial charge in [0.05, 0.1) is 26.9 Å². The SMILES string of the molecule is COc1ccc(C(=O)NC(=NCC2CCCO2)Nc2ccccc2C)cc1OC. The fraction of sp³-hybridized carbons (Fsp3) is 0.364. The molecule has 0 aliphatic carbocycles. The first-order chi connectivity index (χ1) is 14.1. The minimum atomic E-state index is -0.293. The van der Waals surface area contributed by atoms with E-state index in [4.69, 9.17) is 14.2 Å². The summed E-state index contributed by atoms with van der Waals surface area (Å²) in [5, 5.41) is 6.10. The van der Waals surface area contributed by atoms with Crippen molar-refractivity contribution in [3.05, 3.63) is 53.6 Å². The van der Waals surface area contributed by atoms with E-state index in [-0.39, 0.29) is 12.0 Å². The fourth-order valence-corrected chi connectivity index (χ4v) is 3.09. The van der Waals surface area contributed by atoms with Crippen molar-refractivity contribution in [2.45, 2.75) is 25.9 Å². The summed E-state index contributed by atoms with van der Waals surface area (Å²) in [7, 11) is 3.09. The van der Waals surface area contributed by atoms with Crippen LogP contribution in [0.4, 0.5) is 5.69 Å². The van der Waals surface area contributed by atoms with Gasteiger partial charge in [-0.2, -0.15) is 0 Å². The number of hydrogen-bond donors (Lipinski definition) is 2. The molecule has 1 atom stereocenters. The van der Waals surface area contributed by atoms with E-state index < -0.39 is 0 Å². The Balaban J connectivity index is 1.78. The lowest BCUT2D eigenvalue weighted by molar-refractivity contribution is 0.0975. The Bertz CT molecular complexity index is 876. The second-order valence-corrected chi connectivity index (χ2v) is 6.79. The standard InChI is InChI=1S/C22H27N3O4/c1-15-7-4-5-9-18(15)24-22(23-14-17-8-6-12-29-17)25-21(26)16-10-11-19(27-2)20(13-16)28-3/h4-5,7,9-11,13,17H,6,8,12,14H2,1-3H3,(H2,23,24,25,26). The van der Waals surface area contributed by atoms with Crippen molar-refractivity contribution in [2.24, 2.45) is 4.99 Å². The van der Waals surface area contributed by atoms with Crippen molar-refractivity contribution in [3.63, 3.8) is 0 Å². The minimum absolute atomic E-state index is 0.0849. The molecule has 154 valence electrons. The summed E-state index contributed by atoms with van der Waals surface area (Å²) in [6.07, 6.45) is 2.10. The topological polar surface area (TPSA) is 81.2 Å². The molecule has 7 heteroatoms. The van der Waals surface area contributed by atoms with Gasteiger partial charge in [0.15, 0.2) is 11.5 Å². The molecule has 1 heterocycles. The predicted octanol–water partition coefficient (Wildman–Crippen LogP) is 3.39. The number of amides is 1. The first-order valence-corrected chi connectivity index (χ1v) is 9.62. The van der Waals surface area contributed by atoms with Gasteiger partial charge in [-0.1, -0.05) is 18.2 Å². The second-order valence-electron chi connectivity index (χ2n) is 6.79. The van der Waals surface area contributed by atoms with Crippen molar-refractivity contribution in [1.29, 1.82) is 0 Å². The van der Waals surface area contributed by atoms with Crippen molar-refractivity contribution in [2.75, 3.05) is 32.7 Å². The second kappa shape index (κ2) is 9.93. The molecule has 3 rings (SSSR count). The highest BCUT2D eigenvalue weighted by Gasteiger charge is 2.17. The van der Waals surface area contributed by atoms with E-state index in [9.17, 15) is 4.79 Å². The van der Waals surface area contributed by atoms with Crippen molar-refractivity contribution >= 4 is 17.6 Å². The highest BCUT2D eigenvalue weighted by atomic mass is 16.5. The van der Waals surface area contributed by atoms with Crippen LogP contribution >= 0.6 is 0 Å². The molecular weight excluding hydrogens is 370 g/mol. The third kappa shape index (κ3) is 5.48. The average Bonchev–Trinajstić information content (AvgIpc) is 3.26. The summed E-state index contributed by atoms with van der Waals surface area (Å²) in [5.41, 5.74) is 2.38. The Morgan fingerprint density at radius 1 is 1.17 bits per heavy atom. The molecule has 1 amide bonds. The Morgan fingerprint density at radius 2 is 1.97 bits per heavy atom. The molecule has 0 saturated carbocycles. The molecule has 0 bridgehead atoms. The number of nitrogens with one attached hydrogen (secondary N) is 2. The molecule has 1 unspecified atom stereocenters. The number of carbonyl (C=O) groups excluding carboxylic acids is 1. The Kier molecular flexibility index (Phi) is 7.08. The van der Waals surface area contributed by atoms with Gasteiger partial charge in [0.2, 0.25) is 5.96 Å². The predicted molar refractivity (Wildman–Crippen MR) is 113 cm³/mol. The van der Waals surface area contributed by atoms with Crippen LogP contribution in [0.25, 0.3) is 0 Å². The number of rotatable bonds is 6. The zero-order valence-corrected chi connectivity index (χ0v) is 17.0. The fourth-order valence-electron chi connectivity index (χ4n) is 3.09. The summed E-state index contributed by atoms with van der Waals surface area (Å²) >= 11 is 0. The van der Waals surface area contributed by atoms with Crippen LogP contribution in [0.3, 0.4) is 0 Å². The van der Waals surface area contributed by atoms with Gasteiger partial charge < -0.3 is 19.5 Å². The molecule has 1 fully saturated rings. The smallest absolute Gasteiger partial charge is 0.258 e. The number of ether oxygens (including phenoxy) is 3. The Labute approximate surface area is 171 Å². The van der Waals surface area contributed by atoms with Gasteiger partial charge in [0.1, 0.15) is 0 Å². The maximum absolute atomic E-state index is 12.8. The first-order valence-electron chi connectivity index (χ1n) is 9.62. The summed E-state index contributed by atoms with van der Waals surface area (Å²) in [6, 6.07) is 12.9. The molecule has 0 radical (unpaired) electrons. The highest BCUT2D eigenvalue weighted by molar-refractivity contribution is 6.10. The quantitative estimate of drug-likeness (QED) is 0.577. The molecule has 2 aromatic carbocycles. The van der Waals surface area contributed by atoms with Crippen molar-refractivity contribution in [3.8, 4) is 11.5 Å². The number of benzene rings is 2. The maximum Gasteiger partial charge on any atom is 0.258 e. The molecule has 7 nitrogen and oxygen atoms in total. The lowest BCUT2D eigenvalue weighted by atomic mass is 10.2. The number of nitrogens with zero attached hydrogens (tertiary/aromatic N) is 1. The molecule has 1 saturated heterocycles. The van der Waals surface area contributed by atoms with Crippen molar-refractivity contribution in [1.82, 2.24) is 5.32 Å². The van der Waals surface area contributed by atoms with Crippen LogP contribution in [-0.4, -0.2) is 45.3 Å². The van der Waals surface area contributed by atoms with Crippen LogP contribution in [0.1, 0.15) is 28.8 Å². The lowest BCUT2D eigenvalue weighted by Gasteiger charge is -2.15. The average molecular weight is 397 g/mol. The zero-order valence-electron chi connectivity index (χ0n) is 17.0. The van der Waals surface area contributed by atoms with Crippen LogP contribution < -0.4 is 20.1 Å². The van der Waals surface area contributed by atoms with Gasteiger partial charge in [-0.3, -0.25) is 10.1 Å². The summed E-state index contributed by atoms with van der Waals surface area (Å²) in [5.74, 6) is 1.15. The number of hydrogen-bond acceptors (Lipinski definition) is 5. The normalized spacial score (nSPS) is 16.4. The highest BCUT2D eigenvalue weighted by Crippen LogP contribution is 2.27. The largest absolute Gasteiger partial charge is 0.493 e. The van der Waals surface area contributed by atoms with E-state index in [1.807, 2.05) is 31.2 Å². The van der Waals surface area contributed by atoms with Gasteiger partial charge in [-0.05, 0) is 49.6 Å². The van der Waals surface area contributed by atoms with Gasteiger partial charge in [-0.25, -0.2) is 4.99 Å². The van der Waals surface area contributed by atoms with Crippen LogP contribution in [-0.2, 0) is 4.74 Å². The van der Waals surface area contributed by atoms with E-state index >= 15 is 0 Å². The third-order valence-electron chi connectivity index (χ3n) is 4.75. The number of aliphatic imine (C=N–C) groups is 1. The molecular formula is C22H27N3O4. The van der Waals surface area contributed by atoms with Gasteiger partial charge in [0.25, 0.3) is 5.91 Å². The number of methoxy groups -OCH3 is 2. The zero-order chi connectivity index (χ0) is 20.6. The maximum atomic E-state index is 12.8. The van der Waals surface area contributed by atoms with E-state index in [1.165, 1.54) is 7.11 Å². The van der Waals surface area contributed by atoms with E-state index in [0.29, 0.717) is 29.6 Å². The number of carbonyl (C=O) groups is 1. The molecule has 2 aromatic rings. The monoisotopic (exact) mass is 397 g/mol. The molecule has 0 spiro atoms. The summed E-state index contributed by atoms with van der Waals surface area (Å²) in [4.78, 5) is 17.4. The number of guanidine groups is 1. The molecule has 2 N–H and O–H groups in total. The van der Waals surface area contributed by atoms with Crippen molar-refractivity contribution < 1.29 is 19.0 Å². The number of aryl methyl sites for hydroxylation is 1. The third-order valence-corrected chi connectivity index (χ3v) is 4.75. The minimum Gasteiger partial charge on any atom is -0.493 e. The molecule has 1 aliphatic rings. The van der Waals surface area contributed by atoms with Crippen LogP contribution in [0.15, 0.2) is 47.5 Å². The van der Waals surface area contributed by atoms with Gasteiger partial charge >= 0.3 is 0 Å². The van der Waals surface area contributed by atoms with E-state index in [0.717, 1.165) is 30.7 Å². The van der Waals surface area contributed by atoms with E-state index in [1.54, 1.807) is 25.3 Å². The van der Waals surface area contributed by atoms with Gasteiger partial charge in [-0.15, -0.1) is 0 Å². The lowest BCUT2D eigenvalue weighted by Crippen LogP contribution is -2.37. The van der Waals surface area contributed by atoms with Crippen LogP contribution in [0.2, 0.25) is 0 Å². The molecule has 1 aliphatic heterocycles. The first kappa shape index (κ1) is 20.7. The summed E-state index contributed by atoms with van der Waals surface area (Å²) in [6.45, 7) is 3.25. The van der Waals surface area contributed by atoms with E-state index in [2.05, 4.69) is 15.6 Å². The number of para-hydroxylation sites is 1. The van der Waals surface area contributed by atoms with Crippen LogP contribution in [0, 0.1) is 6.92 Å². The van der Waals surface area contributed by atoms with Gasteiger partial charge in [0, 0.05) is 17.9 Å². The Hall–Kier alpha value is -3.06. The van der Waals surface area contributed by atoms with Crippen LogP contribution in [0.5, 0.6) is 11.5 Å². The number of anilines is 1. The molecule has 0 aromatic heterocycles.